The third-order valence-corrected chi connectivity index (χ3v) is 6.78. The summed E-state index contributed by atoms with van der Waals surface area (Å²) in [6.45, 7) is 0.345. The van der Waals surface area contributed by atoms with Crippen LogP contribution in [0, 0.1) is 0 Å². The number of hydrogen-bond acceptors (Lipinski definition) is 10. The molecule has 0 saturated carbocycles. The van der Waals surface area contributed by atoms with Crippen LogP contribution in [-0.2, 0) is 37.1 Å². The van der Waals surface area contributed by atoms with Crippen molar-refractivity contribution < 1.29 is 37.1 Å². The summed E-state index contributed by atoms with van der Waals surface area (Å²) in [4.78, 5) is 0. The minimum atomic E-state index is -3.92. The van der Waals surface area contributed by atoms with Crippen LogP contribution in [-0.4, -0.2) is 99.0 Å². The minimum Gasteiger partial charge on any atom is -0.382 e. The van der Waals surface area contributed by atoms with Crippen LogP contribution in [0.2, 0.25) is 0 Å². The molecule has 14 heteroatoms. The molecule has 0 N–H and O–H groups in total. The van der Waals surface area contributed by atoms with Gasteiger partial charge < -0.3 is 18.9 Å². The normalized spacial score (nSPS) is 35.1. The maximum absolute atomic E-state index is 13.2. The molecule has 2 fully saturated rings. The molecule has 0 aliphatic carbocycles. The quantitative estimate of drug-likeness (QED) is 0.145. The molecular formula is C14H25B3O8PS2. The average molecular weight is 449 g/mol. The second-order valence-corrected chi connectivity index (χ2v) is 9.44. The van der Waals surface area contributed by atoms with E-state index in [0.29, 0.717) is 18.6 Å². The van der Waals surface area contributed by atoms with Crippen molar-refractivity contribution in [3.8, 4) is 0 Å². The summed E-state index contributed by atoms with van der Waals surface area (Å²) in [7, 11) is 13.3. The lowest BCUT2D eigenvalue weighted by Gasteiger charge is -2.26. The first kappa shape index (κ1) is 25.1. The van der Waals surface area contributed by atoms with Gasteiger partial charge in [0.2, 0.25) is 0 Å². The Morgan fingerprint density at radius 3 is 2.57 bits per heavy atom. The summed E-state index contributed by atoms with van der Waals surface area (Å²) >= 11 is 4.05. The first-order chi connectivity index (χ1) is 13.4. The van der Waals surface area contributed by atoms with Gasteiger partial charge in [-0.05, 0) is 12.8 Å². The van der Waals surface area contributed by atoms with Gasteiger partial charge in [-0.25, -0.2) is 4.57 Å². The van der Waals surface area contributed by atoms with Gasteiger partial charge in [0.1, 0.15) is 20.1 Å². The number of rotatable bonds is 13. The summed E-state index contributed by atoms with van der Waals surface area (Å²) in [5.74, 6) is 0.507. The summed E-state index contributed by atoms with van der Waals surface area (Å²) in [5, 5.41) is 0. The highest BCUT2D eigenvalue weighted by Crippen LogP contribution is 2.53. The standard InChI is InChI=1S/C14H25B3O8PS2/c1-19-7-11-10(5-13(15)23-11)25-26(18,21-3-4-28-27)22-8-12-9(20-2)6-14(17-16)24-12/h9-14,27H,3-8H2,1-2H3/t9?,10?,11-,12-,13-,14-,26?/m1/s1. The molecule has 2 heterocycles. The van der Waals surface area contributed by atoms with Crippen LogP contribution in [0.15, 0.2) is 0 Å². The third-order valence-electron chi connectivity index (χ3n) is 4.39. The third kappa shape index (κ3) is 7.52. The van der Waals surface area contributed by atoms with E-state index in [-0.39, 0.29) is 31.9 Å². The first-order valence-corrected chi connectivity index (χ1v) is 12.4. The van der Waals surface area contributed by atoms with Gasteiger partial charge >= 0.3 is 7.82 Å². The summed E-state index contributed by atoms with van der Waals surface area (Å²) in [5.41, 5.74) is 0. The lowest BCUT2D eigenvalue weighted by Crippen LogP contribution is -2.31. The van der Waals surface area contributed by atoms with Crippen LogP contribution in [0.4, 0.5) is 0 Å². The van der Waals surface area contributed by atoms with E-state index in [0.717, 1.165) is 0 Å². The predicted molar refractivity (Wildman–Crippen MR) is 112 cm³/mol. The highest BCUT2D eigenvalue weighted by Gasteiger charge is 2.42. The van der Waals surface area contributed by atoms with Gasteiger partial charge in [0.05, 0.1) is 39.2 Å². The van der Waals surface area contributed by atoms with Gasteiger partial charge in [-0.1, -0.05) is 10.8 Å². The highest BCUT2D eigenvalue weighted by atomic mass is 33.1. The van der Waals surface area contributed by atoms with Crippen molar-refractivity contribution in [1.82, 2.24) is 0 Å². The molecule has 2 saturated heterocycles. The Hall–Kier alpha value is 0.845. The molecule has 155 valence electrons. The molecule has 0 aromatic heterocycles. The topological polar surface area (TPSA) is 81.7 Å². The fraction of sp³-hybridized carbons (Fsp3) is 1.00. The van der Waals surface area contributed by atoms with Gasteiger partial charge in [0, 0.05) is 39.7 Å². The van der Waals surface area contributed by atoms with Gasteiger partial charge in [-0.2, -0.15) is 0 Å². The van der Waals surface area contributed by atoms with Crippen molar-refractivity contribution in [2.45, 2.75) is 49.3 Å². The van der Waals surface area contributed by atoms with E-state index < -0.39 is 32.1 Å². The van der Waals surface area contributed by atoms with Crippen LogP contribution < -0.4 is 0 Å². The lowest BCUT2D eigenvalue weighted by atomic mass is 9.51. The molecule has 5 radical (unpaired) electrons. The van der Waals surface area contributed by atoms with E-state index in [1.165, 1.54) is 25.1 Å². The smallest absolute Gasteiger partial charge is 0.382 e. The Labute approximate surface area is 179 Å². The molecule has 0 aromatic carbocycles. The molecule has 0 amide bonds. The van der Waals surface area contributed by atoms with Crippen molar-refractivity contribution in [1.29, 1.82) is 0 Å². The van der Waals surface area contributed by atoms with Gasteiger partial charge in [0.15, 0.2) is 0 Å². The van der Waals surface area contributed by atoms with Crippen molar-refractivity contribution >= 4 is 53.0 Å². The van der Waals surface area contributed by atoms with Gasteiger partial charge in [-0.3, -0.25) is 13.6 Å². The van der Waals surface area contributed by atoms with Crippen molar-refractivity contribution in [2.75, 3.05) is 39.8 Å². The molecule has 8 nitrogen and oxygen atoms in total. The Morgan fingerprint density at radius 1 is 1.18 bits per heavy atom. The zero-order chi connectivity index (χ0) is 20.6. The number of hydrogen-bond donors (Lipinski definition) is 1. The Bertz CT molecular complexity index is 511. The Kier molecular flexibility index (Phi) is 11.3. The van der Waals surface area contributed by atoms with E-state index in [9.17, 15) is 4.57 Å². The molecule has 0 spiro atoms. The maximum atomic E-state index is 13.2. The predicted octanol–water partition coefficient (Wildman–Crippen LogP) is 0.938. The fourth-order valence-electron chi connectivity index (χ4n) is 3.05. The largest absolute Gasteiger partial charge is 0.475 e. The zero-order valence-electron chi connectivity index (χ0n) is 16.0. The Balaban J connectivity index is 2.00. The van der Waals surface area contributed by atoms with Crippen molar-refractivity contribution in [2.24, 2.45) is 0 Å². The van der Waals surface area contributed by atoms with Crippen LogP contribution in [0.25, 0.3) is 0 Å². The summed E-state index contributed by atoms with van der Waals surface area (Å²) < 4.78 is 51.8. The second-order valence-electron chi connectivity index (χ2n) is 6.37. The average Bonchev–Trinajstić information content (AvgIpc) is 3.23. The number of methoxy groups -OCH3 is 2. The minimum absolute atomic E-state index is 0.0390. The summed E-state index contributed by atoms with van der Waals surface area (Å²) in [6, 6.07) is -0.795. The van der Waals surface area contributed by atoms with Crippen molar-refractivity contribution in [3.05, 3.63) is 0 Å². The molecule has 0 bridgehead atoms. The first-order valence-electron chi connectivity index (χ1n) is 8.91. The number of phosphoric ester groups is 1. The van der Waals surface area contributed by atoms with Crippen LogP contribution >= 0.6 is 30.3 Å². The molecule has 28 heavy (non-hydrogen) atoms. The van der Waals surface area contributed by atoms with Crippen LogP contribution in [0.1, 0.15) is 12.8 Å². The van der Waals surface area contributed by atoms with E-state index >= 15 is 0 Å². The van der Waals surface area contributed by atoms with Crippen LogP contribution in [0.3, 0.4) is 0 Å². The zero-order valence-corrected chi connectivity index (χ0v) is 18.6. The SMILES string of the molecule is [B][B][C@H]1CC(OC)[C@@H](COP(=O)(OCCSS)OC2C[C@H]([B])O[C@@H]2COC)O1. The second kappa shape index (κ2) is 12.6. The number of phosphoric acid groups is 1. The van der Waals surface area contributed by atoms with Gasteiger partial charge in [-0.15, -0.1) is 11.7 Å². The van der Waals surface area contributed by atoms with Crippen LogP contribution in [0.5, 0.6) is 0 Å². The molecule has 2 rings (SSSR count). The molecule has 3 unspecified atom stereocenters. The monoisotopic (exact) mass is 449 g/mol. The molecule has 7 atom stereocenters. The molecular weight excluding hydrogens is 424 g/mol. The molecule has 2 aliphatic rings. The number of ether oxygens (including phenoxy) is 4. The van der Waals surface area contributed by atoms with E-state index in [1.54, 1.807) is 7.11 Å². The van der Waals surface area contributed by atoms with Crippen molar-refractivity contribution in [3.63, 3.8) is 0 Å². The lowest BCUT2D eigenvalue weighted by molar-refractivity contribution is -0.0403. The van der Waals surface area contributed by atoms with E-state index in [1.807, 2.05) is 0 Å². The number of thiol groups is 1. The van der Waals surface area contributed by atoms with E-state index in [2.05, 4.69) is 11.7 Å². The van der Waals surface area contributed by atoms with Gasteiger partial charge in [0.25, 0.3) is 0 Å². The highest BCUT2D eigenvalue weighted by molar-refractivity contribution is 8.68. The Morgan fingerprint density at radius 2 is 1.93 bits per heavy atom. The molecule has 2 aliphatic heterocycles. The fourth-order valence-corrected chi connectivity index (χ4v) is 4.95. The molecule has 0 aromatic rings. The maximum Gasteiger partial charge on any atom is 0.475 e. The van der Waals surface area contributed by atoms with E-state index in [4.69, 9.17) is 48.1 Å². The summed E-state index contributed by atoms with van der Waals surface area (Å²) in [6.07, 6.45) is -0.813.